The van der Waals surface area contributed by atoms with Crippen LogP contribution in [0.3, 0.4) is 0 Å². The van der Waals surface area contributed by atoms with E-state index < -0.39 is 0 Å². The van der Waals surface area contributed by atoms with Gasteiger partial charge in [-0.1, -0.05) is 0 Å². The van der Waals surface area contributed by atoms with E-state index in [1.165, 1.54) is 4.68 Å². The summed E-state index contributed by atoms with van der Waals surface area (Å²) in [4.78, 5) is 14.1. The summed E-state index contributed by atoms with van der Waals surface area (Å²) in [6.07, 6.45) is 2.70. The molecule has 0 unspecified atom stereocenters. The number of anilines is 1. The van der Waals surface area contributed by atoms with Gasteiger partial charge in [-0.25, -0.2) is 4.68 Å². The smallest absolute Gasteiger partial charge is 0.282 e. The van der Waals surface area contributed by atoms with Crippen molar-refractivity contribution in [2.24, 2.45) is 7.05 Å². The zero-order valence-corrected chi connectivity index (χ0v) is 12.6. The molecular weight excluding hydrogens is 312 g/mol. The molecule has 0 aromatic carbocycles. The quantitative estimate of drug-likeness (QED) is 0.804. The van der Waals surface area contributed by atoms with Crippen molar-refractivity contribution in [2.45, 2.75) is 6.42 Å². The van der Waals surface area contributed by atoms with Crippen molar-refractivity contribution in [1.29, 1.82) is 0 Å². The van der Waals surface area contributed by atoms with Crippen molar-refractivity contribution in [1.82, 2.24) is 14.7 Å². The van der Waals surface area contributed by atoms with Crippen LogP contribution in [0, 0.1) is 0 Å². The van der Waals surface area contributed by atoms with E-state index in [-0.39, 0.29) is 5.56 Å². The van der Waals surface area contributed by atoms with E-state index in [4.69, 9.17) is 4.74 Å². The Kier molecular flexibility index (Phi) is 5.35. The second-order valence-electron chi connectivity index (χ2n) is 4.54. The monoisotopic (exact) mass is 330 g/mol. The van der Waals surface area contributed by atoms with E-state index in [0.717, 1.165) is 51.5 Å². The second-order valence-corrected chi connectivity index (χ2v) is 5.33. The SMILES string of the molecule is Cn1ncc(NCCCN2CCOCC2)c(Br)c1=O. The highest BCUT2D eigenvalue weighted by Crippen LogP contribution is 2.15. The molecular formula is C12H19BrN4O2. The molecule has 1 aliphatic rings. The third kappa shape index (κ3) is 4.02. The summed E-state index contributed by atoms with van der Waals surface area (Å²) in [5, 5.41) is 7.23. The van der Waals surface area contributed by atoms with E-state index in [0.29, 0.717) is 4.47 Å². The van der Waals surface area contributed by atoms with Gasteiger partial charge in [0.15, 0.2) is 0 Å². The first kappa shape index (κ1) is 14.5. The molecule has 1 aliphatic heterocycles. The van der Waals surface area contributed by atoms with Crippen LogP contribution in [-0.4, -0.2) is 54.1 Å². The van der Waals surface area contributed by atoms with E-state index in [1.807, 2.05) is 0 Å². The molecule has 1 saturated heterocycles. The largest absolute Gasteiger partial charge is 0.383 e. The molecule has 1 N–H and O–H groups in total. The van der Waals surface area contributed by atoms with Crippen LogP contribution in [0.2, 0.25) is 0 Å². The molecule has 0 atom stereocenters. The van der Waals surface area contributed by atoms with Crippen molar-refractivity contribution in [3.8, 4) is 0 Å². The van der Waals surface area contributed by atoms with E-state index in [1.54, 1.807) is 13.2 Å². The fourth-order valence-corrected chi connectivity index (χ4v) is 2.48. The Morgan fingerprint density at radius 2 is 2.21 bits per heavy atom. The highest BCUT2D eigenvalue weighted by atomic mass is 79.9. The summed E-state index contributed by atoms with van der Waals surface area (Å²) in [6, 6.07) is 0. The Bertz CT molecular complexity index is 471. The van der Waals surface area contributed by atoms with Gasteiger partial charge in [0.05, 0.1) is 25.1 Å². The fourth-order valence-electron chi connectivity index (χ4n) is 1.98. The van der Waals surface area contributed by atoms with Crippen LogP contribution in [0.25, 0.3) is 0 Å². The van der Waals surface area contributed by atoms with Gasteiger partial charge in [0.1, 0.15) is 4.47 Å². The first-order valence-corrected chi connectivity index (χ1v) is 7.23. The maximum absolute atomic E-state index is 11.7. The van der Waals surface area contributed by atoms with Gasteiger partial charge in [0, 0.05) is 26.7 Å². The molecule has 2 rings (SSSR count). The average molecular weight is 331 g/mol. The minimum atomic E-state index is -0.127. The van der Waals surface area contributed by atoms with Gasteiger partial charge < -0.3 is 10.1 Å². The van der Waals surface area contributed by atoms with Crippen LogP contribution in [0.15, 0.2) is 15.5 Å². The molecule has 0 radical (unpaired) electrons. The molecule has 6 nitrogen and oxygen atoms in total. The van der Waals surface area contributed by atoms with Crippen LogP contribution in [0.4, 0.5) is 5.69 Å². The summed E-state index contributed by atoms with van der Waals surface area (Å²) < 4.78 is 7.15. The van der Waals surface area contributed by atoms with Crippen molar-refractivity contribution in [3.05, 3.63) is 21.0 Å². The molecule has 0 saturated carbocycles. The normalized spacial score (nSPS) is 16.5. The highest BCUT2D eigenvalue weighted by Gasteiger charge is 2.10. The van der Waals surface area contributed by atoms with Crippen LogP contribution < -0.4 is 10.9 Å². The molecule has 0 bridgehead atoms. The molecule has 2 heterocycles. The second kappa shape index (κ2) is 7.02. The summed E-state index contributed by atoms with van der Waals surface area (Å²) >= 11 is 3.30. The van der Waals surface area contributed by atoms with E-state index >= 15 is 0 Å². The Hall–Kier alpha value is -0.920. The van der Waals surface area contributed by atoms with Crippen LogP contribution in [0.5, 0.6) is 0 Å². The molecule has 1 aromatic rings. The zero-order chi connectivity index (χ0) is 13.7. The lowest BCUT2D eigenvalue weighted by atomic mass is 10.3. The summed E-state index contributed by atoms with van der Waals surface area (Å²) in [5.74, 6) is 0. The predicted octanol–water partition coefficient (Wildman–Crippen LogP) is 0.677. The molecule has 0 spiro atoms. The maximum Gasteiger partial charge on any atom is 0.282 e. The first-order chi connectivity index (χ1) is 9.18. The van der Waals surface area contributed by atoms with Crippen LogP contribution >= 0.6 is 15.9 Å². The van der Waals surface area contributed by atoms with Crippen LogP contribution in [0.1, 0.15) is 6.42 Å². The lowest BCUT2D eigenvalue weighted by molar-refractivity contribution is 0.0378. The Morgan fingerprint density at radius 1 is 1.47 bits per heavy atom. The summed E-state index contributed by atoms with van der Waals surface area (Å²) in [7, 11) is 1.63. The minimum absolute atomic E-state index is 0.127. The van der Waals surface area contributed by atoms with Crippen molar-refractivity contribution < 1.29 is 4.74 Å². The number of nitrogens with one attached hydrogen (secondary N) is 1. The Balaban J connectivity index is 1.76. The number of nitrogens with zero attached hydrogens (tertiary/aromatic N) is 3. The van der Waals surface area contributed by atoms with Crippen LogP contribution in [-0.2, 0) is 11.8 Å². The molecule has 0 amide bonds. The van der Waals surface area contributed by atoms with Crippen molar-refractivity contribution in [2.75, 3.05) is 44.7 Å². The number of rotatable bonds is 5. The molecule has 7 heteroatoms. The topological polar surface area (TPSA) is 59.4 Å². The van der Waals surface area contributed by atoms with Gasteiger partial charge >= 0.3 is 0 Å². The lowest BCUT2D eigenvalue weighted by Crippen LogP contribution is -2.37. The third-order valence-corrected chi connectivity index (χ3v) is 3.91. The standard InChI is InChI=1S/C12H19BrN4O2/c1-16-12(18)11(13)10(9-15-16)14-3-2-4-17-5-7-19-8-6-17/h9,14H,2-8H2,1H3. The highest BCUT2D eigenvalue weighted by molar-refractivity contribution is 9.10. The summed E-state index contributed by atoms with van der Waals surface area (Å²) in [6.45, 7) is 5.56. The number of hydrogen-bond acceptors (Lipinski definition) is 5. The number of aromatic nitrogens is 2. The van der Waals surface area contributed by atoms with Gasteiger partial charge in [-0.2, -0.15) is 5.10 Å². The molecule has 1 aromatic heterocycles. The third-order valence-electron chi connectivity index (χ3n) is 3.15. The van der Waals surface area contributed by atoms with Gasteiger partial charge in [-0.15, -0.1) is 0 Å². The number of ether oxygens (including phenoxy) is 1. The number of hydrogen-bond donors (Lipinski definition) is 1. The van der Waals surface area contributed by atoms with Gasteiger partial charge in [0.25, 0.3) is 5.56 Å². The maximum atomic E-state index is 11.7. The number of morpholine rings is 1. The first-order valence-electron chi connectivity index (χ1n) is 6.44. The van der Waals surface area contributed by atoms with Crippen molar-refractivity contribution in [3.63, 3.8) is 0 Å². The van der Waals surface area contributed by atoms with Gasteiger partial charge in [-0.05, 0) is 28.9 Å². The minimum Gasteiger partial charge on any atom is -0.383 e. The van der Waals surface area contributed by atoms with Gasteiger partial charge in [-0.3, -0.25) is 9.69 Å². The Labute approximate surface area is 120 Å². The predicted molar refractivity (Wildman–Crippen MR) is 77.5 cm³/mol. The van der Waals surface area contributed by atoms with Crippen molar-refractivity contribution >= 4 is 21.6 Å². The van der Waals surface area contributed by atoms with Gasteiger partial charge in [0.2, 0.25) is 0 Å². The van der Waals surface area contributed by atoms with E-state index in [2.05, 4.69) is 31.2 Å². The zero-order valence-electron chi connectivity index (χ0n) is 11.1. The average Bonchev–Trinajstić information content (AvgIpc) is 2.44. The molecule has 19 heavy (non-hydrogen) atoms. The molecule has 0 aliphatic carbocycles. The fraction of sp³-hybridized carbons (Fsp3) is 0.667. The Morgan fingerprint density at radius 3 is 2.95 bits per heavy atom. The molecule has 1 fully saturated rings. The number of halogens is 1. The lowest BCUT2D eigenvalue weighted by Gasteiger charge is -2.26. The molecule has 106 valence electrons. The summed E-state index contributed by atoms with van der Waals surface area (Å²) in [5.41, 5.74) is 0.628. The van der Waals surface area contributed by atoms with E-state index in [9.17, 15) is 4.79 Å². The number of aryl methyl sites for hydroxylation is 1.